The fourth-order valence-corrected chi connectivity index (χ4v) is 2.01. The zero-order chi connectivity index (χ0) is 15.3. The topological polar surface area (TPSA) is 75.8 Å². The molecule has 0 spiro atoms. The maximum Gasteiger partial charge on any atom is 0.229 e. The fourth-order valence-electron chi connectivity index (χ4n) is 2.01. The van der Waals surface area contributed by atoms with E-state index >= 15 is 0 Å². The van der Waals surface area contributed by atoms with Gasteiger partial charge in [-0.1, -0.05) is 13.0 Å². The summed E-state index contributed by atoms with van der Waals surface area (Å²) >= 11 is 0. The van der Waals surface area contributed by atoms with E-state index in [2.05, 4.69) is 0 Å². The van der Waals surface area contributed by atoms with Gasteiger partial charge in [0.2, 0.25) is 5.91 Å². The second kappa shape index (κ2) is 6.61. The van der Waals surface area contributed by atoms with E-state index in [-0.39, 0.29) is 11.7 Å². The Balaban J connectivity index is 2.85. The third kappa shape index (κ3) is 3.42. The molecule has 1 unspecified atom stereocenters. The molecule has 0 aliphatic heterocycles. The molecule has 1 aromatic carbocycles. The summed E-state index contributed by atoms with van der Waals surface area (Å²) in [6.45, 7) is 4.61. The zero-order valence-electron chi connectivity index (χ0n) is 12.6. The average molecular weight is 280 g/mol. The summed E-state index contributed by atoms with van der Waals surface area (Å²) in [5.74, 6) is 0.514. The lowest BCUT2D eigenvalue weighted by molar-refractivity contribution is -0.140. The minimum Gasteiger partial charge on any atom is -0.504 e. The van der Waals surface area contributed by atoms with Crippen molar-refractivity contribution in [3.8, 4) is 11.5 Å². The minimum absolute atomic E-state index is 0.0227. The van der Waals surface area contributed by atoms with Gasteiger partial charge >= 0.3 is 0 Å². The highest BCUT2D eigenvalue weighted by atomic mass is 16.5. The van der Waals surface area contributed by atoms with Crippen molar-refractivity contribution in [3.05, 3.63) is 23.8 Å². The molecule has 0 aliphatic rings. The molecule has 1 aromatic rings. The number of methoxy groups -OCH3 is 1. The van der Waals surface area contributed by atoms with E-state index in [9.17, 15) is 9.90 Å². The van der Waals surface area contributed by atoms with Gasteiger partial charge in [-0.15, -0.1) is 0 Å². The molecule has 0 fully saturated rings. The molecule has 20 heavy (non-hydrogen) atoms. The fraction of sp³-hybridized carbons (Fsp3) is 0.533. The van der Waals surface area contributed by atoms with Crippen LogP contribution in [0.3, 0.4) is 0 Å². The van der Waals surface area contributed by atoms with Crippen LogP contribution in [0.2, 0.25) is 0 Å². The van der Waals surface area contributed by atoms with Gasteiger partial charge in [0.25, 0.3) is 0 Å². The Hall–Kier alpha value is -1.75. The van der Waals surface area contributed by atoms with Gasteiger partial charge in [-0.3, -0.25) is 4.79 Å². The average Bonchev–Trinajstić information content (AvgIpc) is 2.47. The highest BCUT2D eigenvalue weighted by Gasteiger charge is 2.32. The molecule has 112 valence electrons. The number of benzene rings is 1. The normalized spacial score (nSPS) is 13.7. The first-order chi connectivity index (χ1) is 9.37. The van der Waals surface area contributed by atoms with Crippen LogP contribution in [-0.2, 0) is 11.3 Å². The Morgan fingerprint density at radius 1 is 1.50 bits per heavy atom. The van der Waals surface area contributed by atoms with E-state index in [1.807, 2.05) is 13.8 Å². The maximum atomic E-state index is 12.4. The van der Waals surface area contributed by atoms with Gasteiger partial charge in [-0.25, -0.2) is 0 Å². The molecular formula is C15H24N2O3. The van der Waals surface area contributed by atoms with Crippen LogP contribution in [0.15, 0.2) is 18.2 Å². The number of carbonyl (C=O) groups is 1. The predicted molar refractivity (Wildman–Crippen MR) is 78.6 cm³/mol. The van der Waals surface area contributed by atoms with Crippen molar-refractivity contribution >= 4 is 5.91 Å². The number of phenolic OH excluding ortho intramolecular Hbond substituents is 1. The first-order valence-corrected chi connectivity index (χ1v) is 6.69. The summed E-state index contributed by atoms with van der Waals surface area (Å²) in [4.78, 5) is 14.1. The number of rotatable bonds is 6. The number of ether oxygens (including phenoxy) is 1. The molecular weight excluding hydrogens is 256 g/mol. The second-order valence-corrected chi connectivity index (χ2v) is 5.29. The van der Waals surface area contributed by atoms with Gasteiger partial charge in [0, 0.05) is 20.1 Å². The Bertz CT molecular complexity index is 470. The van der Waals surface area contributed by atoms with Crippen molar-refractivity contribution in [1.29, 1.82) is 0 Å². The number of carbonyl (C=O) groups excluding carboxylic acids is 1. The highest BCUT2D eigenvalue weighted by Crippen LogP contribution is 2.28. The van der Waals surface area contributed by atoms with Crippen LogP contribution in [-0.4, -0.2) is 36.6 Å². The third-order valence-electron chi connectivity index (χ3n) is 3.76. The third-order valence-corrected chi connectivity index (χ3v) is 3.76. The predicted octanol–water partition coefficient (Wildman–Crippen LogP) is 1.73. The van der Waals surface area contributed by atoms with Gasteiger partial charge in [0.15, 0.2) is 11.5 Å². The Kier molecular flexibility index (Phi) is 5.39. The van der Waals surface area contributed by atoms with E-state index in [1.54, 1.807) is 30.1 Å². The van der Waals surface area contributed by atoms with Gasteiger partial charge < -0.3 is 20.5 Å². The molecule has 0 saturated carbocycles. The lowest BCUT2D eigenvalue weighted by atomic mass is 9.86. The van der Waals surface area contributed by atoms with Crippen molar-refractivity contribution in [3.63, 3.8) is 0 Å². The van der Waals surface area contributed by atoms with Gasteiger partial charge in [0.1, 0.15) is 0 Å². The summed E-state index contributed by atoms with van der Waals surface area (Å²) in [5, 5.41) is 9.56. The van der Waals surface area contributed by atoms with Crippen LogP contribution in [0.25, 0.3) is 0 Å². The van der Waals surface area contributed by atoms with Crippen molar-refractivity contribution in [1.82, 2.24) is 4.90 Å². The zero-order valence-corrected chi connectivity index (χ0v) is 12.6. The first-order valence-electron chi connectivity index (χ1n) is 6.69. The van der Waals surface area contributed by atoms with E-state index in [4.69, 9.17) is 10.5 Å². The van der Waals surface area contributed by atoms with E-state index in [0.29, 0.717) is 25.3 Å². The number of nitrogens with zero attached hydrogens (tertiary/aromatic N) is 1. The molecule has 0 radical (unpaired) electrons. The summed E-state index contributed by atoms with van der Waals surface area (Å²) in [6.07, 6.45) is 0.700. The van der Waals surface area contributed by atoms with Crippen molar-refractivity contribution in [2.45, 2.75) is 26.8 Å². The Morgan fingerprint density at radius 2 is 2.15 bits per heavy atom. The molecule has 1 atom stereocenters. The van der Waals surface area contributed by atoms with Gasteiger partial charge in [-0.05, 0) is 31.0 Å². The lowest BCUT2D eigenvalue weighted by Crippen LogP contribution is -2.44. The van der Waals surface area contributed by atoms with Crippen molar-refractivity contribution in [2.24, 2.45) is 11.1 Å². The molecule has 0 aromatic heterocycles. The van der Waals surface area contributed by atoms with Crippen LogP contribution in [0.1, 0.15) is 25.8 Å². The number of nitrogens with two attached hydrogens (primary N) is 1. The van der Waals surface area contributed by atoms with E-state index in [0.717, 1.165) is 5.56 Å². The molecule has 5 heteroatoms. The quantitative estimate of drug-likeness (QED) is 0.832. The first kappa shape index (κ1) is 16.3. The van der Waals surface area contributed by atoms with Crippen molar-refractivity contribution in [2.75, 3.05) is 20.7 Å². The maximum absolute atomic E-state index is 12.4. The SMILES string of the molecule is CCC(C)(CN)C(=O)N(C)Cc1ccc(O)c(OC)c1. The number of hydrogen-bond donors (Lipinski definition) is 2. The summed E-state index contributed by atoms with van der Waals surface area (Å²) in [7, 11) is 3.25. The molecule has 3 N–H and O–H groups in total. The van der Waals surface area contributed by atoms with E-state index in [1.165, 1.54) is 7.11 Å². The van der Waals surface area contributed by atoms with Crippen LogP contribution in [0, 0.1) is 5.41 Å². The standard InChI is InChI=1S/C15H24N2O3/c1-5-15(2,10-16)14(19)17(3)9-11-6-7-12(18)13(8-11)20-4/h6-8,18H,5,9-10,16H2,1-4H3. The summed E-state index contributed by atoms with van der Waals surface area (Å²) in [5.41, 5.74) is 6.08. The molecule has 0 saturated heterocycles. The smallest absolute Gasteiger partial charge is 0.229 e. The van der Waals surface area contributed by atoms with E-state index < -0.39 is 5.41 Å². The summed E-state index contributed by atoms with van der Waals surface area (Å²) < 4.78 is 5.06. The Morgan fingerprint density at radius 3 is 2.65 bits per heavy atom. The second-order valence-electron chi connectivity index (χ2n) is 5.29. The Labute approximate surface area is 120 Å². The van der Waals surface area contributed by atoms with Crippen LogP contribution in [0.4, 0.5) is 0 Å². The molecule has 5 nitrogen and oxygen atoms in total. The highest BCUT2D eigenvalue weighted by molar-refractivity contribution is 5.82. The monoisotopic (exact) mass is 280 g/mol. The number of phenols is 1. The van der Waals surface area contributed by atoms with Crippen LogP contribution < -0.4 is 10.5 Å². The molecule has 1 rings (SSSR count). The largest absolute Gasteiger partial charge is 0.504 e. The number of hydrogen-bond acceptors (Lipinski definition) is 4. The van der Waals surface area contributed by atoms with Crippen LogP contribution in [0.5, 0.6) is 11.5 Å². The van der Waals surface area contributed by atoms with Crippen LogP contribution >= 0.6 is 0 Å². The summed E-state index contributed by atoms with van der Waals surface area (Å²) in [6, 6.07) is 5.06. The van der Waals surface area contributed by atoms with Gasteiger partial charge in [0.05, 0.1) is 12.5 Å². The van der Waals surface area contributed by atoms with Crippen molar-refractivity contribution < 1.29 is 14.6 Å². The molecule has 0 heterocycles. The minimum atomic E-state index is -0.532. The lowest BCUT2D eigenvalue weighted by Gasteiger charge is -2.30. The number of amides is 1. The molecule has 1 amide bonds. The molecule has 0 bridgehead atoms. The van der Waals surface area contributed by atoms with Gasteiger partial charge in [-0.2, -0.15) is 0 Å². The number of aromatic hydroxyl groups is 1. The molecule has 0 aliphatic carbocycles.